The van der Waals surface area contributed by atoms with Crippen molar-refractivity contribution in [2.75, 3.05) is 33.3 Å². The van der Waals surface area contributed by atoms with Gasteiger partial charge in [-0.05, 0) is 38.4 Å². The topological polar surface area (TPSA) is 148 Å². The zero-order valence-corrected chi connectivity index (χ0v) is 25.6. The number of rotatable bonds is 2. The summed E-state index contributed by atoms with van der Waals surface area (Å²) in [5.41, 5.74) is 4.16. The van der Waals surface area contributed by atoms with Crippen LogP contribution < -0.4 is 18.9 Å². The number of phenolic OH excluding ortho intramolecular Hbond substituents is 1. The van der Waals surface area contributed by atoms with Crippen LogP contribution in [0.4, 0.5) is 0 Å². The van der Waals surface area contributed by atoms with Gasteiger partial charge in [0.2, 0.25) is 12.6 Å². The smallest absolute Gasteiger partial charge is 0.375 e. The van der Waals surface area contributed by atoms with Crippen LogP contribution in [-0.2, 0) is 25.5 Å². The molecule has 0 aromatic heterocycles. The third kappa shape index (κ3) is 3.87. The highest BCUT2D eigenvalue weighted by Crippen LogP contribution is 2.63. The Balaban J connectivity index is 1.57. The average molecular weight is 622 g/mol. The van der Waals surface area contributed by atoms with E-state index in [1.807, 2.05) is 20.0 Å². The molecule has 2 aromatic rings. The van der Waals surface area contributed by atoms with Gasteiger partial charge >= 0.3 is 11.9 Å². The summed E-state index contributed by atoms with van der Waals surface area (Å²) in [6, 6.07) is 1.81. The van der Waals surface area contributed by atoms with E-state index in [1.165, 1.54) is 25.8 Å². The maximum absolute atomic E-state index is 12.9. The number of thioether (sulfide) groups is 1. The molecule has 2 saturated heterocycles. The molecule has 0 aliphatic carbocycles. The van der Waals surface area contributed by atoms with Gasteiger partial charge in [0.1, 0.15) is 18.4 Å². The number of piperazine rings is 1. The largest absolute Gasteiger partial charge is 0.504 e. The summed E-state index contributed by atoms with van der Waals surface area (Å²) in [5, 5.41) is 21.9. The summed E-state index contributed by atoms with van der Waals surface area (Å²) in [6.45, 7) is 4.65. The van der Waals surface area contributed by atoms with Gasteiger partial charge in [-0.2, -0.15) is 5.26 Å². The van der Waals surface area contributed by atoms with Crippen molar-refractivity contribution in [3.8, 4) is 34.8 Å². The lowest BCUT2D eigenvalue weighted by Crippen LogP contribution is -2.69. The standard InChI is InChI=1S/C31H31N3O9S/c1-12-6-15-7-16-17(8-32)34-18-9-40-31(38)19(36)10-44-30(24(34)23(33(16)4)20(15)25(37)26(12)39-5)22-21(18)29-28(41-11-42-29)13(2)27(22)43-14(3)35/h6,16-18,23-24,30,37H,7,9-11H2,1-5H3/t16?,17-,18+,23+,24?,30+/m0/s1. The molecule has 5 aliphatic rings. The van der Waals surface area contributed by atoms with Gasteiger partial charge in [-0.15, -0.1) is 11.8 Å². The average Bonchev–Trinajstić information content (AvgIpc) is 3.47. The number of carbonyl (C=O) groups excluding carboxylic acids is 3. The van der Waals surface area contributed by atoms with Crippen LogP contribution in [0.5, 0.6) is 28.7 Å². The lowest BCUT2D eigenvalue weighted by Gasteiger charge is -2.61. The number of esters is 2. The van der Waals surface area contributed by atoms with Crippen LogP contribution in [0.25, 0.3) is 0 Å². The Kier molecular flexibility index (Phi) is 6.73. The van der Waals surface area contributed by atoms with E-state index in [0.717, 1.165) is 11.1 Å². The van der Waals surface area contributed by atoms with E-state index in [1.54, 1.807) is 6.92 Å². The highest BCUT2D eigenvalue weighted by atomic mass is 32.2. The molecular weight excluding hydrogens is 590 g/mol. The normalized spacial score (nSPS) is 28.7. The molecule has 13 heteroatoms. The number of aromatic hydroxyl groups is 1. The van der Waals surface area contributed by atoms with Crippen molar-refractivity contribution in [1.82, 2.24) is 9.80 Å². The van der Waals surface area contributed by atoms with Crippen LogP contribution in [0.1, 0.15) is 57.6 Å². The number of phenols is 1. The van der Waals surface area contributed by atoms with Gasteiger partial charge in [0.15, 0.2) is 23.0 Å². The molecule has 2 aromatic carbocycles. The van der Waals surface area contributed by atoms with Crippen LogP contribution >= 0.6 is 11.8 Å². The molecule has 0 spiro atoms. The van der Waals surface area contributed by atoms with Crippen molar-refractivity contribution >= 4 is 29.5 Å². The minimum atomic E-state index is -0.949. The van der Waals surface area contributed by atoms with Gasteiger partial charge in [0.05, 0.1) is 36.3 Å². The first-order valence-electron chi connectivity index (χ1n) is 14.3. The highest BCUT2D eigenvalue weighted by Gasteiger charge is 2.60. The molecule has 230 valence electrons. The van der Waals surface area contributed by atoms with E-state index in [9.17, 15) is 24.8 Å². The first-order valence-corrected chi connectivity index (χ1v) is 15.4. The number of Topliss-reactive ketones (excluding diaryl/α,β-unsaturated/α-hetero) is 1. The quantitative estimate of drug-likeness (QED) is 0.298. The Morgan fingerprint density at radius 1 is 1.14 bits per heavy atom. The number of aryl methyl sites for hydroxylation is 1. The van der Waals surface area contributed by atoms with E-state index in [2.05, 4.69) is 15.9 Å². The van der Waals surface area contributed by atoms with Crippen LogP contribution in [-0.4, -0.2) is 84.1 Å². The Hall–Kier alpha value is -3.99. The van der Waals surface area contributed by atoms with E-state index in [4.69, 9.17) is 23.7 Å². The Bertz CT molecular complexity index is 1690. The summed E-state index contributed by atoms with van der Waals surface area (Å²) in [6.07, 6.45) is 0.488. The summed E-state index contributed by atoms with van der Waals surface area (Å²) >= 11 is 1.22. The number of nitriles is 1. The first kappa shape index (κ1) is 28.8. The van der Waals surface area contributed by atoms with Gasteiger partial charge in [-0.25, -0.2) is 4.79 Å². The van der Waals surface area contributed by atoms with Crippen molar-refractivity contribution in [1.29, 1.82) is 5.26 Å². The highest BCUT2D eigenvalue weighted by molar-refractivity contribution is 8.00. The van der Waals surface area contributed by atoms with Crippen LogP contribution in [0.3, 0.4) is 0 Å². The lowest BCUT2D eigenvalue weighted by atomic mass is 9.71. The zero-order valence-electron chi connectivity index (χ0n) is 24.8. The predicted molar refractivity (Wildman–Crippen MR) is 155 cm³/mol. The van der Waals surface area contributed by atoms with Crippen LogP contribution in [0.15, 0.2) is 6.07 Å². The fraction of sp³-hybridized carbons (Fsp3) is 0.484. The molecule has 0 saturated carbocycles. The fourth-order valence-electron chi connectivity index (χ4n) is 7.90. The lowest BCUT2D eigenvalue weighted by molar-refractivity contribution is -0.157. The Morgan fingerprint density at radius 3 is 2.59 bits per heavy atom. The van der Waals surface area contributed by atoms with Gasteiger partial charge in [0.25, 0.3) is 0 Å². The third-order valence-corrected chi connectivity index (χ3v) is 10.8. The van der Waals surface area contributed by atoms with E-state index >= 15 is 0 Å². The number of ether oxygens (including phenoxy) is 5. The maximum atomic E-state index is 12.9. The van der Waals surface area contributed by atoms with Crippen molar-refractivity contribution in [3.05, 3.63) is 39.4 Å². The zero-order chi connectivity index (χ0) is 31.2. The second kappa shape index (κ2) is 10.3. The summed E-state index contributed by atoms with van der Waals surface area (Å²) in [5.74, 6) is -0.855. The number of hydrogen-bond donors (Lipinski definition) is 1. The molecule has 0 amide bonds. The first-order chi connectivity index (χ1) is 21.1. The number of benzene rings is 2. The summed E-state index contributed by atoms with van der Waals surface area (Å²) in [4.78, 5) is 42.3. The second-order valence-electron chi connectivity index (χ2n) is 11.8. The number of ketones is 1. The van der Waals surface area contributed by atoms with E-state index in [0.29, 0.717) is 51.7 Å². The van der Waals surface area contributed by atoms with Crippen molar-refractivity contribution in [2.24, 2.45) is 0 Å². The van der Waals surface area contributed by atoms with Crippen LogP contribution in [0.2, 0.25) is 0 Å². The predicted octanol–water partition coefficient (Wildman–Crippen LogP) is 2.80. The molecule has 5 heterocycles. The number of nitrogens with zero attached hydrogens (tertiary/aromatic N) is 3. The van der Waals surface area contributed by atoms with Crippen molar-refractivity contribution in [3.63, 3.8) is 0 Å². The van der Waals surface area contributed by atoms with Gasteiger partial charge in [0, 0.05) is 41.3 Å². The molecule has 5 aliphatic heterocycles. The Morgan fingerprint density at radius 2 is 1.89 bits per heavy atom. The molecule has 6 atom stereocenters. The van der Waals surface area contributed by atoms with Crippen molar-refractivity contribution in [2.45, 2.75) is 62.7 Å². The number of likely N-dealkylation sites (N-methyl/N-ethyl adjacent to an activating group) is 1. The second-order valence-corrected chi connectivity index (χ2v) is 12.9. The van der Waals surface area contributed by atoms with E-state index in [-0.39, 0.29) is 30.9 Å². The number of methoxy groups -OCH3 is 1. The number of carbonyl (C=O) groups is 3. The molecular formula is C31H31N3O9S. The Labute approximate surface area is 257 Å². The van der Waals surface area contributed by atoms with Gasteiger partial charge in [-0.1, -0.05) is 6.07 Å². The molecule has 7 rings (SSSR count). The minimum Gasteiger partial charge on any atom is -0.504 e. The minimum absolute atomic E-state index is 0.0240. The molecule has 2 fully saturated rings. The molecule has 1 N–H and O–H groups in total. The van der Waals surface area contributed by atoms with Crippen molar-refractivity contribution < 1.29 is 43.2 Å². The fourth-order valence-corrected chi connectivity index (χ4v) is 9.23. The SMILES string of the molecule is COc1c(C)cc2c(c1O)[C@@H]1C3[C@@H]4SCC(=O)C(=O)OC[C@H](c5c6c(c(C)c(OC(C)=O)c54)OCO6)N3[C@@H](C#N)C(C2)N1C. The summed E-state index contributed by atoms with van der Waals surface area (Å²) in [7, 11) is 3.45. The molecule has 2 unspecified atom stereocenters. The molecule has 44 heavy (non-hydrogen) atoms. The van der Waals surface area contributed by atoms with Crippen LogP contribution in [0, 0.1) is 25.2 Å². The third-order valence-electron chi connectivity index (χ3n) is 9.54. The monoisotopic (exact) mass is 621 g/mol. The van der Waals surface area contributed by atoms with E-state index < -0.39 is 47.1 Å². The number of fused-ring (bicyclic) bond motifs is 9. The molecule has 4 bridgehead atoms. The maximum Gasteiger partial charge on any atom is 0.375 e. The number of cyclic esters (lactones) is 1. The summed E-state index contributed by atoms with van der Waals surface area (Å²) < 4.78 is 29.0. The van der Waals surface area contributed by atoms with Gasteiger partial charge < -0.3 is 28.8 Å². The molecule has 0 radical (unpaired) electrons. The number of hydrogen-bond acceptors (Lipinski definition) is 13. The van der Waals surface area contributed by atoms with Gasteiger partial charge in [-0.3, -0.25) is 19.4 Å². The molecule has 12 nitrogen and oxygen atoms in total.